The second kappa shape index (κ2) is 8.09. The number of nitrogens with zero attached hydrogens (tertiary/aromatic N) is 3. The van der Waals surface area contributed by atoms with E-state index in [4.69, 9.17) is 21.4 Å². The maximum atomic E-state index is 12.5. The maximum Gasteiger partial charge on any atom is 0.318 e. The molecule has 1 amide bonds. The van der Waals surface area contributed by atoms with Crippen molar-refractivity contribution in [1.29, 1.82) is 0 Å². The molecule has 11 heteroatoms. The number of aliphatic carboxylic acids is 1. The topological polar surface area (TPSA) is 117 Å². The number of ether oxygens (including phenoxy) is 1. The summed E-state index contributed by atoms with van der Waals surface area (Å²) in [5, 5.41) is 9.27. The number of carbonyl (C=O) groups is 2. The van der Waals surface area contributed by atoms with E-state index < -0.39 is 28.6 Å². The molecular weight excluding hydrogens is 374 g/mol. The summed E-state index contributed by atoms with van der Waals surface area (Å²) < 4.78 is 29.7. The van der Waals surface area contributed by atoms with Crippen LogP contribution >= 0.6 is 11.6 Å². The van der Waals surface area contributed by atoms with E-state index in [0.717, 1.165) is 10.6 Å². The Hall–Kier alpha value is -1.75. The summed E-state index contributed by atoms with van der Waals surface area (Å²) in [5.74, 6) is -1.59. The zero-order valence-corrected chi connectivity index (χ0v) is 15.0. The number of rotatable bonds is 6. The van der Waals surface area contributed by atoms with E-state index in [0.29, 0.717) is 11.6 Å². The third-order valence-electron chi connectivity index (χ3n) is 3.56. The van der Waals surface area contributed by atoms with Crippen LogP contribution in [0, 0.1) is 0 Å². The van der Waals surface area contributed by atoms with Crippen LogP contribution in [-0.2, 0) is 19.6 Å². The van der Waals surface area contributed by atoms with Gasteiger partial charge in [0.25, 0.3) is 5.91 Å². The average Bonchev–Trinajstić information content (AvgIpc) is 2.53. The molecule has 1 aromatic heterocycles. The molecule has 1 aromatic rings. The SMILES string of the molecule is CS(=O)(=O)N(CC(=O)O)C[C@@H]1CN(C(=O)c2ccc(Cl)cn2)CCO1. The van der Waals surface area contributed by atoms with Crippen molar-refractivity contribution >= 4 is 33.5 Å². The number of pyridine rings is 1. The van der Waals surface area contributed by atoms with Crippen molar-refractivity contribution < 1.29 is 27.9 Å². The molecule has 138 valence electrons. The van der Waals surface area contributed by atoms with Gasteiger partial charge in [-0.05, 0) is 12.1 Å². The van der Waals surface area contributed by atoms with E-state index in [9.17, 15) is 18.0 Å². The lowest BCUT2D eigenvalue weighted by Gasteiger charge is -2.34. The average molecular weight is 392 g/mol. The Morgan fingerprint density at radius 1 is 1.48 bits per heavy atom. The Balaban J connectivity index is 2.05. The van der Waals surface area contributed by atoms with Crippen LogP contribution < -0.4 is 0 Å². The van der Waals surface area contributed by atoms with Crippen LogP contribution in [0.5, 0.6) is 0 Å². The molecule has 0 spiro atoms. The summed E-state index contributed by atoms with van der Waals surface area (Å²) >= 11 is 5.75. The van der Waals surface area contributed by atoms with E-state index in [-0.39, 0.29) is 31.3 Å². The predicted octanol–water partition coefficient (Wildman–Crippen LogP) is -0.0778. The molecule has 0 radical (unpaired) electrons. The van der Waals surface area contributed by atoms with Crippen molar-refractivity contribution in [2.45, 2.75) is 6.10 Å². The van der Waals surface area contributed by atoms with Crippen LogP contribution in [0.1, 0.15) is 10.5 Å². The van der Waals surface area contributed by atoms with Crippen molar-refractivity contribution in [2.75, 3.05) is 39.0 Å². The van der Waals surface area contributed by atoms with Gasteiger partial charge in [-0.2, -0.15) is 4.31 Å². The highest BCUT2D eigenvalue weighted by Gasteiger charge is 2.30. The first kappa shape index (κ1) is 19.6. The standard InChI is InChI=1S/C14H18ClN3O6S/c1-25(22,23)18(9-13(19)20)8-11-7-17(4-5-24-11)14(21)12-3-2-10(15)6-16-12/h2-3,6,11H,4-5,7-9H2,1H3,(H,19,20)/t11-/m0/s1. The third kappa shape index (κ3) is 5.63. The van der Waals surface area contributed by atoms with Gasteiger partial charge in [0.2, 0.25) is 10.0 Å². The summed E-state index contributed by atoms with van der Waals surface area (Å²) in [7, 11) is -3.71. The number of hydrogen-bond acceptors (Lipinski definition) is 6. The lowest BCUT2D eigenvalue weighted by atomic mass is 10.2. The normalized spacial score (nSPS) is 18.4. The van der Waals surface area contributed by atoms with Gasteiger partial charge in [-0.25, -0.2) is 13.4 Å². The first-order valence-corrected chi connectivity index (χ1v) is 9.59. The number of sulfonamides is 1. The molecule has 1 saturated heterocycles. The van der Waals surface area contributed by atoms with Crippen LogP contribution in [0.3, 0.4) is 0 Å². The summed E-state index contributed by atoms with van der Waals surface area (Å²) in [4.78, 5) is 28.8. The quantitative estimate of drug-likeness (QED) is 0.720. The monoisotopic (exact) mass is 391 g/mol. The maximum absolute atomic E-state index is 12.5. The molecule has 1 N–H and O–H groups in total. The number of carboxylic acid groups (broad SMARTS) is 1. The molecule has 25 heavy (non-hydrogen) atoms. The number of amides is 1. The van der Waals surface area contributed by atoms with E-state index in [1.807, 2.05) is 0 Å². The van der Waals surface area contributed by atoms with Gasteiger partial charge in [-0.3, -0.25) is 9.59 Å². The minimum absolute atomic E-state index is 0.134. The number of morpholine rings is 1. The largest absolute Gasteiger partial charge is 0.480 e. The molecule has 1 fully saturated rings. The minimum Gasteiger partial charge on any atom is -0.480 e. The van der Waals surface area contributed by atoms with Crippen LogP contribution in [-0.4, -0.2) is 84.7 Å². The smallest absolute Gasteiger partial charge is 0.318 e. The Labute approximate surface area is 150 Å². The highest BCUT2D eigenvalue weighted by molar-refractivity contribution is 7.88. The van der Waals surface area contributed by atoms with Gasteiger partial charge in [0, 0.05) is 25.8 Å². The third-order valence-corrected chi connectivity index (χ3v) is 5.00. The molecule has 2 heterocycles. The lowest BCUT2D eigenvalue weighted by molar-refractivity contribution is -0.137. The summed E-state index contributed by atoms with van der Waals surface area (Å²) in [6, 6.07) is 3.06. The second-order valence-corrected chi connectivity index (χ2v) is 7.97. The van der Waals surface area contributed by atoms with Crippen molar-refractivity contribution in [2.24, 2.45) is 0 Å². The molecule has 0 saturated carbocycles. The molecule has 1 aliphatic rings. The van der Waals surface area contributed by atoms with Crippen LogP contribution in [0.2, 0.25) is 5.02 Å². The molecule has 0 bridgehead atoms. The van der Waals surface area contributed by atoms with Gasteiger partial charge >= 0.3 is 5.97 Å². The second-order valence-electron chi connectivity index (χ2n) is 5.55. The molecular formula is C14H18ClN3O6S. The minimum atomic E-state index is -3.71. The molecule has 0 aliphatic carbocycles. The van der Waals surface area contributed by atoms with Gasteiger partial charge in [0.05, 0.1) is 24.0 Å². The Morgan fingerprint density at radius 2 is 2.20 bits per heavy atom. The van der Waals surface area contributed by atoms with E-state index >= 15 is 0 Å². The van der Waals surface area contributed by atoms with Gasteiger partial charge in [-0.1, -0.05) is 11.6 Å². The van der Waals surface area contributed by atoms with Gasteiger partial charge in [-0.15, -0.1) is 0 Å². The van der Waals surface area contributed by atoms with E-state index in [1.165, 1.54) is 17.2 Å². The van der Waals surface area contributed by atoms with Crippen LogP contribution in [0.25, 0.3) is 0 Å². The van der Waals surface area contributed by atoms with Crippen molar-refractivity contribution in [1.82, 2.24) is 14.2 Å². The molecule has 1 atom stereocenters. The summed E-state index contributed by atoms with van der Waals surface area (Å²) in [5.41, 5.74) is 0.218. The van der Waals surface area contributed by atoms with Gasteiger partial charge in [0.15, 0.2) is 0 Å². The predicted molar refractivity (Wildman–Crippen MR) is 88.9 cm³/mol. The molecule has 9 nitrogen and oxygen atoms in total. The number of aromatic nitrogens is 1. The Morgan fingerprint density at radius 3 is 2.76 bits per heavy atom. The molecule has 1 aliphatic heterocycles. The zero-order chi connectivity index (χ0) is 18.6. The number of carboxylic acids is 1. The van der Waals surface area contributed by atoms with Crippen molar-refractivity contribution in [3.05, 3.63) is 29.0 Å². The van der Waals surface area contributed by atoms with Crippen molar-refractivity contribution in [3.8, 4) is 0 Å². The highest BCUT2D eigenvalue weighted by atomic mass is 35.5. The lowest BCUT2D eigenvalue weighted by Crippen LogP contribution is -2.51. The fourth-order valence-electron chi connectivity index (χ4n) is 2.37. The molecule has 0 aromatic carbocycles. The Kier molecular flexibility index (Phi) is 6.33. The van der Waals surface area contributed by atoms with E-state index in [2.05, 4.69) is 4.98 Å². The number of halogens is 1. The Bertz CT molecular complexity index is 739. The fraction of sp³-hybridized carbons (Fsp3) is 0.500. The summed E-state index contributed by atoms with van der Waals surface area (Å²) in [6.45, 7) is -0.130. The van der Waals surface area contributed by atoms with E-state index in [1.54, 1.807) is 6.07 Å². The van der Waals surface area contributed by atoms with Crippen LogP contribution in [0.4, 0.5) is 0 Å². The van der Waals surface area contributed by atoms with Gasteiger partial charge < -0.3 is 14.7 Å². The molecule has 2 rings (SSSR count). The number of carbonyl (C=O) groups excluding carboxylic acids is 1. The van der Waals surface area contributed by atoms with Crippen LogP contribution in [0.15, 0.2) is 18.3 Å². The number of hydrogen-bond donors (Lipinski definition) is 1. The first-order valence-electron chi connectivity index (χ1n) is 7.36. The van der Waals surface area contributed by atoms with Crippen molar-refractivity contribution in [3.63, 3.8) is 0 Å². The highest BCUT2D eigenvalue weighted by Crippen LogP contribution is 2.13. The van der Waals surface area contributed by atoms with Gasteiger partial charge in [0.1, 0.15) is 12.2 Å². The zero-order valence-electron chi connectivity index (χ0n) is 13.5. The first-order chi connectivity index (χ1) is 11.7. The summed E-state index contributed by atoms with van der Waals surface area (Å²) in [6.07, 6.45) is 1.67. The molecule has 0 unspecified atom stereocenters. The fourth-order valence-corrected chi connectivity index (χ4v) is 3.27.